The van der Waals surface area contributed by atoms with Gasteiger partial charge in [0.25, 0.3) is 0 Å². The fourth-order valence-corrected chi connectivity index (χ4v) is 4.52. The Labute approximate surface area is 205 Å². The van der Waals surface area contributed by atoms with Crippen molar-refractivity contribution >= 4 is 11.6 Å². The van der Waals surface area contributed by atoms with Crippen molar-refractivity contribution < 1.29 is 22.5 Å². The van der Waals surface area contributed by atoms with Gasteiger partial charge in [0.05, 0.1) is 0 Å². The highest BCUT2D eigenvalue weighted by molar-refractivity contribution is 5.95. The molecule has 36 heavy (non-hydrogen) atoms. The third kappa shape index (κ3) is 4.47. The van der Waals surface area contributed by atoms with Crippen molar-refractivity contribution in [2.45, 2.75) is 24.1 Å². The number of halogens is 3. The third-order valence-electron chi connectivity index (χ3n) is 6.39. The van der Waals surface area contributed by atoms with Crippen LogP contribution in [0.4, 0.5) is 18.9 Å². The molecule has 0 saturated carbocycles. The predicted octanol–water partition coefficient (Wildman–Crippen LogP) is 5.02. The summed E-state index contributed by atoms with van der Waals surface area (Å²) in [4.78, 5) is 22.9. The molecule has 0 aliphatic carbocycles. The van der Waals surface area contributed by atoms with Gasteiger partial charge < -0.3 is 9.84 Å². The van der Waals surface area contributed by atoms with E-state index in [9.17, 15) is 18.0 Å². The maximum absolute atomic E-state index is 14.6. The number of carbonyl (C=O) groups is 1. The molecule has 1 N–H and O–H groups in total. The van der Waals surface area contributed by atoms with Crippen molar-refractivity contribution in [1.82, 2.24) is 20.0 Å². The number of anilines is 1. The number of pyridine rings is 1. The highest BCUT2D eigenvalue weighted by Crippen LogP contribution is 2.49. The monoisotopic (exact) mass is 493 g/mol. The maximum atomic E-state index is 14.6. The number of aromatic nitrogens is 3. The molecule has 5 rings (SSSR count). The molecule has 10 heteroatoms. The van der Waals surface area contributed by atoms with Gasteiger partial charge in [-0.1, -0.05) is 53.7 Å². The largest absolute Gasteiger partial charge is 0.404 e. The van der Waals surface area contributed by atoms with Crippen LogP contribution in [0.5, 0.6) is 0 Å². The number of hydrogen-bond acceptors (Lipinski definition) is 6. The van der Waals surface area contributed by atoms with E-state index in [1.807, 2.05) is 6.07 Å². The van der Waals surface area contributed by atoms with Gasteiger partial charge in [0.15, 0.2) is 5.41 Å². The van der Waals surface area contributed by atoms with Crippen LogP contribution in [0.15, 0.2) is 89.7 Å². The van der Waals surface area contributed by atoms with Gasteiger partial charge in [-0.25, -0.2) is 0 Å². The number of nitrogens with zero attached hydrogens (tertiary/aromatic N) is 4. The van der Waals surface area contributed by atoms with Gasteiger partial charge in [-0.2, -0.15) is 18.2 Å². The number of para-hydroxylation sites is 1. The number of alkyl halides is 3. The summed E-state index contributed by atoms with van der Waals surface area (Å²) in [5.74, 6) is -0.885. The van der Waals surface area contributed by atoms with Gasteiger partial charge in [0, 0.05) is 36.7 Å². The molecule has 2 aromatic heterocycles. The quantitative estimate of drug-likeness (QED) is 0.406. The molecule has 3 heterocycles. The average Bonchev–Trinajstić information content (AvgIpc) is 3.55. The zero-order valence-corrected chi connectivity index (χ0v) is 19.0. The Morgan fingerprint density at radius 1 is 1.00 bits per heavy atom. The summed E-state index contributed by atoms with van der Waals surface area (Å²) in [6.07, 6.45) is -2.01. The van der Waals surface area contributed by atoms with Crippen molar-refractivity contribution in [3.8, 4) is 11.4 Å². The lowest BCUT2D eigenvalue weighted by molar-refractivity contribution is -0.194. The summed E-state index contributed by atoms with van der Waals surface area (Å²) in [6.45, 7) is -0.496. The van der Waals surface area contributed by atoms with Gasteiger partial charge in [0.2, 0.25) is 17.6 Å². The highest BCUT2D eigenvalue weighted by atomic mass is 19.4. The summed E-state index contributed by atoms with van der Waals surface area (Å²) in [5.41, 5.74) is -0.766. The fraction of sp³-hybridized carbons (Fsp3) is 0.231. The smallest absolute Gasteiger partial charge is 0.338 e. The number of nitrogens with one attached hydrogen (secondary N) is 1. The van der Waals surface area contributed by atoms with Crippen LogP contribution in [0.1, 0.15) is 23.9 Å². The fourth-order valence-electron chi connectivity index (χ4n) is 4.52. The Hall–Kier alpha value is -4.05. The summed E-state index contributed by atoms with van der Waals surface area (Å²) in [7, 11) is 0. The molecule has 1 saturated heterocycles. The van der Waals surface area contributed by atoms with E-state index >= 15 is 0 Å². The molecule has 0 radical (unpaired) electrons. The molecule has 1 fully saturated rings. The lowest BCUT2D eigenvalue weighted by Crippen LogP contribution is -2.46. The topological polar surface area (TPSA) is 84.2 Å². The first kappa shape index (κ1) is 23.7. The molecule has 1 aliphatic heterocycles. The molecule has 1 amide bonds. The van der Waals surface area contributed by atoms with E-state index in [2.05, 4.69) is 20.4 Å². The predicted molar refractivity (Wildman–Crippen MR) is 126 cm³/mol. The van der Waals surface area contributed by atoms with Crippen LogP contribution in [0.3, 0.4) is 0 Å². The molecule has 2 atom stereocenters. The maximum Gasteiger partial charge on any atom is 0.404 e. The SMILES string of the molecule is O=C(Nc1ccccc1)C(c1ccccc1)N1CCC(c2nc(-c3ccncc3)no2)(C(F)(F)F)C1. The molecular formula is C26H22F3N5O2. The van der Waals surface area contributed by atoms with E-state index in [4.69, 9.17) is 4.52 Å². The minimum absolute atomic E-state index is 0.00819. The Balaban J connectivity index is 1.48. The number of benzene rings is 2. The number of rotatable bonds is 6. The van der Waals surface area contributed by atoms with Crippen molar-refractivity contribution in [1.29, 1.82) is 0 Å². The molecule has 7 nitrogen and oxygen atoms in total. The van der Waals surface area contributed by atoms with E-state index in [1.165, 1.54) is 17.3 Å². The van der Waals surface area contributed by atoms with Crippen molar-refractivity contribution in [3.05, 3.63) is 96.6 Å². The zero-order chi connectivity index (χ0) is 25.2. The van der Waals surface area contributed by atoms with E-state index in [1.54, 1.807) is 66.7 Å². The Morgan fingerprint density at radius 3 is 2.33 bits per heavy atom. The van der Waals surface area contributed by atoms with Crippen LogP contribution in [0.2, 0.25) is 0 Å². The van der Waals surface area contributed by atoms with Gasteiger partial charge in [0.1, 0.15) is 6.04 Å². The normalized spacial score (nSPS) is 19.2. The molecule has 2 aromatic carbocycles. The van der Waals surface area contributed by atoms with E-state index < -0.39 is 36.0 Å². The van der Waals surface area contributed by atoms with E-state index in [-0.39, 0.29) is 18.8 Å². The number of hydrogen-bond donors (Lipinski definition) is 1. The Bertz CT molecular complexity index is 1320. The van der Waals surface area contributed by atoms with Gasteiger partial charge in [-0.05, 0) is 36.2 Å². The van der Waals surface area contributed by atoms with Crippen molar-refractivity contribution in [2.75, 3.05) is 18.4 Å². The summed E-state index contributed by atoms with van der Waals surface area (Å²) in [5, 5.41) is 6.63. The Kier molecular flexibility index (Phi) is 6.27. The van der Waals surface area contributed by atoms with Crippen LogP contribution in [0, 0.1) is 0 Å². The van der Waals surface area contributed by atoms with Crippen molar-refractivity contribution in [2.24, 2.45) is 0 Å². The standard InChI is InChI=1S/C26H22F3N5O2/c27-26(28,29)25(24-32-22(33-36-24)19-11-14-30-15-12-19)13-16-34(17-25)21(18-7-3-1-4-8-18)23(35)31-20-9-5-2-6-10-20/h1-12,14-15,21H,13,16-17H2,(H,31,35). The first-order valence-corrected chi connectivity index (χ1v) is 11.3. The summed E-state index contributed by atoms with van der Waals surface area (Å²) in [6, 6.07) is 19.8. The lowest BCUT2D eigenvalue weighted by Gasteiger charge is -2.31. The van der Waals surface area contributed by atoms with Crippen LogP contribution in [-0.4, -0.2) is 45.2 Å². The molecule has 0 bridgehead atoms. The van der Waals surface area contributed by atoms with Gasteiger partial charge >= 0.3 is 6.18 Å². The third-order valence-corrected chi connectivity index (χ3v) is 6.39. The van der Waals surface area contributed by atoms with E-state index in [0.717, 1.165) is 0 Å². The molecule has 184 valence electrons. The second-order valence-corrected chi connectivity index (χ2v) is 8.63. The number of carbonyl (C=O) groups excluding carboxylic acids is 1. The van der Waals surface area contributed by atoms with Gasteiger partial charge in [-0.15, -0.1) is 0 Å². The lowest BCUT2D eigenvalue weighted by atomic mass is 9.86. The second-order valence-electron chi connectivity index (χ2n) is 8.63. The molecule has 4 aromatic rings. The summed E-state index contributed by atoms with van der Waals surface area (Å²) < 4.78 is 49.1. The first-order valence-electron chi connectivity index (χ1n) is 11.3. The molecule has 1 aliphatic rings. The average molecular weight is 493 g/mol. The zero-order valence-electron chi connectivity index (χ0n) is 19.0. The minimum atomic E-state index is -4.68. The van der Waals surface area contributed by atoms with E-state index in [0.29, 0.717) is 16.8 Å². The molecule has 0 spiro atoms. The van der Waals surface area contributed by atoms with Gasteiger partial charge in [-0.3, -0.25) is 14.7 Å². The van der Waals surface area contributed by atoms with Crippen LogP contribution in [-0.2, 0) is 10.2 Å². The minimum Gasteiger partial charge on any atom is -0.338 e. The highest BCUT2D eigenvalue weighted by Gasteiger charge is 2.63. The first-order chi connectivity index (χ1) is 17.4. The molecular weight excluding hydrogens is 471 g/mol. The van der Waals surface area contributed by atoms with Crippen LogP contribution >= 0.6 is 0 Å². The van der Waals surface area contributed by atoms with Crippen molar-refractivity contribution in [3.63, 3.8) is 0 Å². The molecule has 2 unspecified atom stereocenters. The number of likely N-dealkylation sites (tertiary alicyclic amines) is 1. The van der Waals surface area contributed by atoms with Crippen LogP contribution < -0.4 is 5.32 Å². The summed E-state index contributed by atoms with van der Waals surface area (Å²) >= 11 is 0. The number of amides is 1. The second kappa shape index (κ2) is 9.54. The Morgan fingerprint density at radius 2 is 1.67 bits per heavy atom. The van der Waals surface area contributed by atoms with Crippen LogP contribution in [0.25, 0.3) is 11.4 Å².